The molecular formula is C44H72O11. The highest BCUT2D eigenvalue weighted by Gasteiger charge is 2.05. The van der Waals surface area contributed by atoms with Gasteiger partial charge in [0.25, 0.3) is 0 Å². The Balaban J connectivity index is 0. The largest absolute Gasteiger partial charge is 0.478 e. The topological polar surface area (TPSA) is 177 Å². The fourth-order valence-electron chi connectivity index (χ4n) is 4.92. The molecule has 0 unspecified atom stereocenters. The summed E-state index contributed by atoms with van der Waals surface area (Å²) in [6, 6.07) is 16.6. The molecule has 0 aliphatic heterocycles. The fourth-order valence-corrected chi connectivity index (χ4v) is 4.92. The van der Waals surface area contributed by atoms with Crippen molar-refractivity contribution < 1.29 is 53.8 Å². The zero-order chi connectivity index (χ0) is 41.0. The Hall–Kier alpha value is -3.80. The molecule has 0 heterocycles. The number of benzene rings is 2. The third-order valence-electron chi connectivity index (χ3n) is 8.05. The predicted molar refractivity (Wildman–Crippen MR) is 217 cm³/mol. The van der Waals surface area contributed by atoms with Gasteiger partial charge < -0.3 is 34.6 Å². The fraction of sp³-hybridized carbons (Fsp3) is 0.636. The zero-order valence-electron chi connectivity index (χ0n) is 33.8. The van der Waals surface area contributed by atoms with Crippen LogP contribution >= 0.6 is 0 Å². The number of hydrogen-bond acceptors (Lipinski definition) is 9. The number of rotatable bonds is 29. The first-order valence-corrected chi connectivity index (χ1v) is 20.4. The van der Waals surface area contributed by atoms with Crippen LogP contribution in [0.15, 0.2) is 60.7 Å². The first-order valence-electron chi connectivity index (χ1n) is 20.4. The molecule has 0 spiro atoms. The molecule has 11 nitrogen and oxygen atoms in total. The van der Waals surface area contributed by atoms with Crippen LogP contribution in [0, 0.1) is 0 Å². The third-order valence-corrected chi connectivity index (χ3v) is 8.05. The number of esters is 2. The second-order valence-electron chi connectivity index (χ2n) is 13.0. The zero-order valence-corrected chi connectivity index (χ0v) is 33.8. The highest BCUT2D eigenvalue weighted by Crippen LogP contribution is 2.11. The van der Waals surface area contributed by atoms with Gasteiger partial charge in [0.15, 0.2) is 0 Å². The molecule has 0 saturated heterocycles. The molecule has 0 amide bonds. The second kappa shape index (κ2) is 42.9. The number of hydrogen-bond donors (Lipinski definition) is 4. The number of aliphatic hydroxyl groups excluding tert-OH is 2. The van der Waals surface area contributed by atoms with Crippen LogP contribution in [0.5, 0.6) is 0 Å². The van der Waals surface area contributed by atoms with Crippen molar-refractivity contribution in [3.8, 4) is 0 Å². The number of aliphatic hydroxyl groups is 2. The van der Waals surface area contributed by atoms with Crippen LogP contribution < -0.4 is 0 Å². The van der Waals surface area contributed by atoms with E-state index >= 15 is 0 Å². The van der Waals surface area contributed by atoms with E-state index in [1.54, 1.807) is 60.7 Å². The van der Waals surface area contributed by atoms with Crippen LogP contribution in [0.25, 0.3) is 0 Å². The van der Waals surface area contributed by atoms with Crippen LogP contribution in [0.4, 0.5) is 0 Å². The van der Waals surface area contributed by atoms with E-state index in [1.807, 2.05) is 0 Å². The van der Waals surface area contributed by atoms with Gasteiger partial charge in [-0.25, -0.2) is 9.59 Å². The van der Waals surface area contributed by atoms with Crippen LogP contribution in [0.2, 0.25) is 0 Å². The summed E-state index contributed by atoms with van der Waals surface area (Å²) in [7, 11) is 0. The van der Waals surface area contributed by atoms with Crippen LogP contribution in [-0.2, 0) is 23.8 Å². The first-order chi connectivity index (χ1) is 26.7. The van der Waals surface area contributed by atoms with Crippen molar-refractivity contribution in [3.05, 3.63) is 71.8 Å². The lowest BCUT2D eigenvalue weighted by molar-refractivity contribution is -0.144. The number of carbonyl (C=O) groups is 4. The Labute approximate surface area is 330 Å². The molecule has 4 N–H and O–H groups in total. The SMILES string of the molecule is CCCCCCCCOC(=O)CCCCCCCCC(=O)OCCCCCCCC.O=C(O)c1ccccc1.O=C(O)c1ccccc1.OCCOCCO. The second-order valence-corrected chi connectivity index (χ2v) is 13.0. The smallest absolute Gasteiger partial charge is 0.335 e. The summed E-state index contributed by atoms with van der Waals surface area (Å²) in [5, 5.41) is 32.9. The lowest BCUT2D eigenvalue weighted by Crippen LogP contribution is -2.06. The third kappa shape index (κ3) is 41.2. The molecule has 2 aromatic rings. The maximum atomic E-state index is 11.7. The van der Waals surface area contributed by atoms with E-state index in [9.17, 15) is 19.2 Å². The molecular weight excluding hydrogens is 704 g/mol. The molecule has 2 rings (SSSR count). The van der Waals surface area contributed by atoms with Crippen LogP contribution in [0.3, 0.4) is 0 Å². The highest BCUT2D eigenvalue weighted by atomic mass is 16.5. The molecule has 0 atom stereocenters. The van der Waals surface area contributed by atoms with Gasteiger partial charge in [0.2, 0.25) is 0 Å². The lowest BCUT2D eigenvalue weighted by atomic mass is 10.1. The van der Waals surface area contributed by atoms with Crippen molar-refractivity contribution in [3.63, 3.8) is 0 Å². The van der Waals surface area contributed by atoms with Crippen molar-refractivity contribution in [1.82, 2.24) is 0 Å². The van der Waals surface area contributed by atoms with Gasteiger partial charge in [-0.2, -0.15) is 0 Å². The molecule has 0 saturated carbocycles. The molecule has 11 heteroatoms. The molecule has 0 aliphatic carbocycles. The molecule has 55 heavy (non-hydrogen) atoms. The summed E-state index contributed by atoms with van der Waals surface area (Å²) in [6.07, 6.45) is 21.9. The molecule has 0 radical (unpaired) electrons. The van der Waals surface area contributed by atoms with Gasteiger partial charge in [-0.1, -0.05) is 140 Å². The summed E-state index contributed by atoms with van der Waals surface area (Å²) in [4.78, 5) is 43.8. The van der Waals surface area contributed by atoms with Gasteiger partial charge >= 0.3 is 23.9 Å². The van der Waals surface area contributed by atoms with Crippen molar-refractivity contribution in [2.24, 2.45) is 0 Å². The summed E-state index contributed by atoms with van der Waals surface area (Å²) in [5.41, 5.74) is 0.662. The molecule has 314 valence electrons. The molecule has 0 aliphatic rings. The normalized spacial score (nSPS) is 10.0. The number of carboxylic acid groups (broad SMARTS) is 2. The quantitative estimate of drug-likeness (QED) is 0.0457. The summed E-state index contributed by atoms with van der Waals surface area (Å²) >= 11 is 0. The lowest BCUT2D eigenvalue weighted by Gasteiger charge is -2.06. The number of ether oxygens (including phenoxy) is 3. The Kier molecular flexibility index (Phi) is 41.6. The van der Waals surface area contributed by atoms with Crippen LogP contribution in [0.1, 0.15) is 163 Å². The summed E-state index contributed by atoms with van der Waals surface area (Å²) < 4.78 is 15.2. The average Bonchev–Trinajstić information content (AvgIpc) is 3.20. The van der Waals surface area contributed by atoms with Gasteiger partial charge in [-0.3, -0.25) is 9.59 Å². The van der Waals surface area contributed by atoms with Crippen molar-refractivity contribution in [1.29, 1.82) is 0 Å². The molecule has 2 aromatic carbocycles. The molecule has 0 bridgehead atoms. The highest BCUT2D eigenvalue weighted by molar-refractivity contribution is 5.87. The number of aromatic carboxylic acids is 2. The van der Waals surface area contributed by atoms with E-state index in [0.29, 0.717) is 50.4 Å². The van der Waals surface area contributed by atoms with Gasteiger partial charge in [0, 0.05) is 12.8 Å². The average molecular weight is 777 g/mol. The van der Waals surface area contributed by atoms with E-state index in [1.165, 1.54) is 64.2 Å². The Bertz CT molecular complexity index is 1050. The van der Waals surface area contributed by atoms with E-state index in [4.69, 9.17) is 29.9 Å². The van der Waals surface area contributed by atoms with Gasteiger partial charge in [0.05, 0.1) is 50.8 Å². The predicted octanol–water partition coefficient (Wildman–Crippen LogP) is 9.67. The Morgan fingerprint density at radius 2 is 0.745 bits per heavy atom. The van der Waals surface area contributed by atoms with Crippen molar-refractivity contribution in [2.75, 3.05) is 39.6 Å². The number of carbonyl (C=O) groups excluding carboxylic acids is 2. The summed E-state index contributed by atoms with van der Waals surface area (Å²) in [6.45, 7) is 6.30. The van der Waals surface area contributed by atoms with Crippen molar-refractivity contribution >= 4 is 23.9 Å². The minimum absolute atomic E-state index is 0.0278. The number of carboxylic acids is 2. The molecule has 0 fully saturated rings. The molecule has 0 aromatic heterocycles. The van der Waals surface area contributed by atoms with Crippen LogP contribution in [-0.4, -0.2) is 83.9 Å². The maximum absolute atomic E-state index is 11.7. The first kappa shape index (κ1) is 53.3. The van der Waals surface area contributed by atoms with E-state index in [-0.39, 0.29) is 25.2 Å². The van der Waals surface area contributed by atoms with Crippen molar-refractivity contribution in [2.45, 2.75) is 142 Å². The van der Waals surface area contributed by atoms with Gasteiger partial charge in [-0.05, 0) is 49.9 Å². The van der Waals surface area contributed by atoms with E-state index in [0.717, 1.165) is 51.4 Å². The number of unbranched alkanes of at least 4 members (excludes halogenated alkanes) is 15. The minimum Gasteiger partial charge on any atom is -0.478 e. The minimum atomic E-state index is -0.879. The monoisotopic (exact) mass is 777 g/mol. The Morgan fingerprint density at radius 1 is 0.436 bits per heavy atom. The van der Waals surface area contributed by atoms with Gasteiger partial charge in [-0.15, -0.1) is 0 Å². The summed E-state index contributed by atoms with van der Waals surface area (Å²) in [5.74, 6) is -1.85. The Morgan fingerprint density at radius 3 is 1.04 bits per heavy atom. The van der Waals surface area contributed by atoms with E-state index in [2.05, 4.69) is 18.6 Å². The van der Waals surface area contributed by atoms with E-state index < -0.39 is 11.9 Å². The maximum Gasteiger partial charge on any atom is 0.335 e. The standard InChI is InChI=1S/C26H50O4.2C7H6O2.C4H10O3/c1-3-5-7-9-15-19-23-29-25(27)21-17-13-11-12-14-18-22-26(28)30-24-20-16-10-8-6-4-2;2*8-7(9)6-4-2-1-3-5-6;5-1-3-7-4-2-6/h3-24H2,1-2H3;2*1-5H,(H,8,9);5-6H,1-4H2. The van der Waals surface area contributed by atoms with Gasteiger partial charge in [0.1, 0.15) is 0 Å².